The summed E-state index contributed by atoms with van der Waals surface area (Å²) in [5.74, 6) is 0.438. The second-order valence-electron chi connectivity index (χ2n) is 6.52. The largest absolute Gasteiger partial charge is 0.481 e. The monoisotopic (exact) mass is 359 g/mol. The minimum Gasteiger partial charge on any atom is -0.481 e. The third-order valence-electron chi connectivity index (χ3n) is 4.54. The van der Waals surface area contributed by atoms with Gasteiger partial charge in [0.15, 0.2) is 0 Å². The number of piperidine rings is 1. The summed E-state index contributed by atoms with van der Waals surface area (Å²) in [4.78, 5) is 37.2. The highest BCUT2D eigenvalue weighted by Gasteiger charge is 2.29. The average molecular weight is 359 g/mol. The van der Waals surface area contributed by atoms with Crippen molar-refractivity contribution >= 4 is 17.8 Å². The number of carbonyl (C=O) groups excluding carboxylic acids is 2. The molecule has 2 aliphatic heterocycles. The Morgan fingerprint density at radius 1 is 1.50 bits per heavy atom. The van der Waals surface area contributed by atoms with E-state index in [1.165, 1.54) is 0 Å². The highest BCUT2D eigenvalue weighted by molar-refractivity contribution is 5.89. The number of hydrogen-bond acceptors (Lipinski definition) is 4. The van der Waals surface area contributed by atoms with Crippen LogP contribution in [0.3, 0.4) is 0 Å². The molecule has 2 atom stereocenters. The molecular formula is C19H25N3O4. The van der Waals surface area contributed by atoms with Crippen LogP contribution in [0.25, 0.3) is 0 Å². The maximum atomic E-state index is 12.4. The minimum atomic E-state index is -1.06. The summed E-state index contributed by atoms with van der Waals surface area (Å²) in [7, 11) is 0. The highest BCUT2D eigenvalue weighted by Crippen LogP contribution is 2.18. The molecule has 26 heavy (non-hydrogen) atoms. The van der Waals surface area contributed by atoms with Crippen LogP contribution in [-0.4, -0.2) is 60.0 Å². The van der Waals surface area contributed by atoms with Crippen LogP contribution < -0.4 is 10.6 Å². The molecule has 0 aromatic rings. The van der Waals surface area contributed by atoms with Crippen molar-refractivity contribution in [1.82, 2.24) is 15.5 Å². The van der Waals surface area contributed by atoms with E-state index in [1.807, 2.05) is 6.08 Å². The number of rotatable bonds is 6. The first-order valence-electron chi connectivity index (χ1n) is 8.84. The number of likely N-dealkylation sites (tertiary alicyclic amines) is 1. The van der Waals surface area contributed by atoms with Gasteiger partial charge in [-0.25, -0.2) is 0 Å². The number of carboxylic acid groups (broad SMARTS) is 1. The van der Waals surface area contributed by atoms with E-state index in [-0.39, 0.29) is 24.2 Å². The maximum absolute atomic E-state index is 12.4. The minimum absolute atomic E-state index is 0.110. The van der Waals surface area contributed by atoms with Crippen LogP contribution >= 0.6 is 0 Å². The van der Waals surface area contributed by atoms with Gasteiger partial charge in [0.05, 0.1) is 12.3 Å². The van der Waals surface area contributed by atoms with E-state index in [4.69, 9.17) is 11.5 Å². The molecule has 0 aliphatic carbocycles. The number of terminal acetylenes is 1. The fraction of sp³-hybridized carbons (Fsp3) is 0.526. The molecule has 2 aliphatic rings. The van der Waals surface area contributed by atoms with E-state index >= 15 is 0 Å². The van der Waals surface area contributed by atoms with E-state index in [9.17, 15) is 14.4 Å². The Balaban J connectivity index is 1.89. The van der Waals surface area contributed by atoms with Crippen LogP contribution in [0.15, 0.2) is 23.8 Å². The van der Waals surface area contributed by atoms with Crippen LogP contribution in [0.1, 0.15) is 25.7 Å². The van der Waals surface area contributed by atoms with Gasteiger partial charge in [0.1, 0.15) is 6.04 Å². The molecular weight excluding hydrogens is 334 g/mol. The molecule has 0 bridgehead atoms. The van der Waals surface area contributed by atoms with Gasteiger partial charge < -0.3 is 20.6 Å². The first-order chi connectivity index (χ1) is 12.5. The van der Waals surface area contributed by atoms with Crippen LogP contribution in [0.2, 0.25) is 0 Å². The van der Waals surface area contributed by atoms with Gasteiger partial charge in [0, 0.05) is 25.7 Å². The SMILES string of the molecule is C#CC(CC(=O)O)NC(=O)[C@@H]1CCCN(C(=O)/C=C/C2=CCNCC2)C1. The third-order valence-corrected chi connectivity index (χ3v) is 4.54. The molecule has 0 aromatic carbocycles. The summed E-state index contributed by atoms with van der Waals surface area (Å²) in [6.07, 6.45) is 12.7. The molecule has 0 aromatic heterocycles. The molecule has 3 N–H and O–H groups in total. The number of amides is 2. The summed E-state index contributed by atoms with van der Waals surface area (Å²) in [6.45, 7) is 2.65. The van der Waals surface area contributed by atoms with Crippen molar-refractivity contribution in [3.05, 3.63) is 23.8 Å². The predicted molar refractivity (Wildman–Crippen MR) is 97.0 cm³/mol. The van der Waals surface area contributed by atoms with Gasteiger partial charge >= 0.3 is 5.97 Å². The van der Waals surface area contributed by atoms with Crippen LogP contribution in [-0.2, 0) is 14.4 Å². The molecule has 7 heteroatoms. The van der Waals surface area contributed by atoms with Crippen molar-refractivity contribution in [3.63, 3.8) is 0 Å². The van der Waals surface area contributed by atoms with E-state index in [0.29, 0.717) is 19.5 Å². The summed E-state index contributed by atoms with van der Waals surface area (Å²) < 4.78 is 0. The van der Waals surface area contributed by atoms with Crippen LogP contribution in [0, 0.1) is 18.3 Å². The lowest BCUT2D eigenvalue weighted by molar-refractivity contribution is -0.137. The lowest BCUT2D eigenvalue weighted by Gasteiger charge is -2.31. The van der Waals surface area contributed by atoms with Crippen molar-refractivity contribution < 1.29 is 19.5 Å². The number of aliphatic carboxylic acids is 1. The lowest BCUT2D eigenvalue weighted by Crippen LogP contribution is -2.47. The first-order valence-corrected chi connectivity index (χ1v) is 8.84. The zero-order chi connectivity index (χ0) is 18.9. The Morgan fingerprint density at radius 3 is 2.96 bits per heavy atom. The van der Waals surface area contributed by atoms with E-state index in [0.717, 1.165) is 31.5 Å². The number of hydrogen-bond donors (Lipinski definition) is 3. The second kappa shape index (κ2) is 9.78. The smallest absolute Gasteiger partial charge is 0.306 e. The highest BCUT2D eigenvalue weighted by atomic mass is 16.4. The van der Waals surface area contributed by atoms with E-state index in [1.54, 1.807) is 11.0 Å². The first kappa shape index (κ1) is 19.7. The molecule has 1 saturated heterocycles. The van der Waals surface area contributed by atoms with E-state index in [2.05, 4.69) is 22.6 Å². The normalized spacial score (nSPS) is 21.6. The number of carboxylic acids is 1. The van der Waals surface area contributed by atoms with Crippen molar-refractivity contribution in [2.45, 2.75) is 31.7 Å². The molecule has 140 valence electrons. The summed E-state index contributed by atoms with van der Waals surface area (Å²) >= 11 is 0. The Morgan fingerprint density at radius 2 is 2.31 bits per heavy atom. The van der Waals surface area contributed by atoms with Crippen LogP contribution in [0.4, 0.5) is 0 Å². The molecule has 2 rings (SSSR count). The summed E-state index contributed by atoms with van der Waals surface area (Å²) in [5.41, 5.74) is 1.13. The lowest BCUT2D eigenvalue weighted by atomic mass is 9.96. The van der Waals surface area contributed by atoms with Crippen molar-refractivity contribution in [2.75, 3.05) is 26.2 Å². The zero-order valence-electron chi connectivity index (χ0n) is 14.7. The number of nitrogens with one attached hydrogen (secondary N) is 2. The van der Waals surface area contributed by atoms with Gasteiger partial charge in [-0.3, -0.25) is 14.4 Å². The Kier molecular flexibility index (Phi) is 7.42. The molecule has 2 heterocycles. The van der Waals surface area contributed by atoms with Crippen molar-refractivity contribution in [1.29, 1.82) is 0 Å². The molecule has 0 radical (unpaired) electrons. The summed E-state index contributed by atoms with van der Waals surface area (Å²) in [6, 6.07) is -0.835. The average Bonchev–Trinajstić information content (AvgIpc) is 2.66. The quantitative estimate of drug-likeness (QED) is 0.468. The molecule has 1 unspecified atom stereocenters. The molecule has 0 spiro atoms. The Bertz CT molecular complexity index is 648. The Hall–Kier alpha value is -2.59. The molecule has 2 amide bonds. The third kappa shape index (κ3) is 6.05. The number of nitrogens with zero attached hydrogens (tertiary/aromatic N) is 1. The van der Waals surface area contributed by atoms with Crippen LogP contribution in [0.5, 0.6) is 0 Å². The zero-order valence-corrected chi connectivity index (χ0v) is 14.7. The fourth-order valence-electron chi connectivity index (χ4n) is 3.08. The van der Waals surface area contributed by atoms with Crippen molar-refractivity contribution in [3.8, 4) is 12.3 Å². The molecule has 1 fully saturated rings. The Labute approximate surface area is 153 Å². The predicted octanol–water partition coefficient (Wildman–Crippen LogP) is 0.294. The second-order valence-corrected chi connectivity index (χ2v) is 6.52. The van der Waals surface area contributed by atoms with Crippen molar-refractivity contribution in [2.24, 2.45) is 5.92 Å². The van der Waals surface area contributed by atoms with Gasteiger partial charge in [0.25, 0.3) is 0 Å². The maximum Gasteiger partial charge on any atom is 0.306 e. The van der Waals surface area contributed by atoms with Gasteiger partial charge in [-0.05, 0) is 31.4 Å². The summed E-state index contributed by atoms with van der Waals surface area (Å²) in [5, 5.41) is 14.6. The standard InChI is InChI=1S/C19H25N3O4/c1-2-16(12-18(24)25)21-19(26)15-4-3-11-22(13-15)17(23)6-5-14-7-9-20-10-8-14/h1,5-7,15-16,20H,3-4,8-13H2,(H,21,26)(H,24,25)/b6-5+/t15-,16?/m1/s1. The molecule has 7 nitrogen and oxygen atoms in total. The topological polar surface area (TPSA) is 98.7 Å². The van der Waals surface area contributed by atoms with Gasteiger partial charge in [-0.2, -0.15) is 0 Å². The van der Waals surface area contributed by atoms with Gasteiger partial charge in [-0.1, -0.05) is 18.1 Å². The number of carbonyl (C=O) groups is 3. The van der Waals surface area contributed by atoms with E-state index < -0.39 is 12.0 Å². The fourth-order valence-corrected chi connectivity index (χ4v) is 3.08. The number of allylic oxidation sites excluding steroid dienone is 1. The molecule has 0 saturated carbocycles. The van der Waals surface area contributed by atoms with Gasteiger partial charge in [-0.15, -0.1) is 6.42 Å². The van der Waals surface area contributed by atoms with Gasteiger partial charge in [0.2, 0.25) is 11.8 Å².